The predicted octanol–water partition coefficient (Wildman–Crippen LogP) is 0.0183. The topological polar surface area (TPSA) is 62.1 Å². The Morgan fingerprint density at radius 2 is 2.10 bits per heavy atom. The first-order valence-electron chi connectivity index (χ1n) is 7.09. The van der Waals surface area contributed by atoms with Gasteiger partial charge in [-0.1, -0.05) is 6.92 Å². The van der Waals surface area contributed by atoms with E-state index in [9.17, 15) is 14.4 Å². The van der Waals surface area contributed by atoms with Gasteiger partial charge in [-0.05, 0) is 11.4 Å². The van der Waals surface area contributed by atoms with Gasteiger partial charge >= 0.3 is 17.8 Å². The van der Waals surface area contributed by atoms with E-state index in [0.717, 1.165) is 29.2 Å². The van der Waals surface area contributed by atoms with Crippen LogP contribution >= 0.6 is 11.3 Å². The molecule has 2 aliphatic rings. The number of urea groups is 1. The van der Waals surface area contributed by atoms with Crippen molar-refractivity contribution >= 4 is 29.2 Å². The maximum Gasteiger partial charge on any atom is 0.338 e. The number of likely N-dealkylation sites (N-methyl/N-ethyl adjacent to an activating group) is 1. The van der Waals surface area contributed by atoms with Crippen LogP contribution in [0, 0.1) is 0 Å². The van der Waals surface area contributed by atoms with Gasteiger partial charge in [-0.15, -0.1) is 11.3 Å². The molecule has 0 saturated carbocycles. The largest absolute Gasteiger partial charge is 0.338 e. The summed E-state index contributed by atoms with van der Waals surface area (Å²) in [6.45, 7) is 3.25. The lowest BCUT2D eigenvalue weighted by Gasteiger charge is -2.33. The molecular weight excluding hydrogens is 290 g/mol. The lowest BCUT2D eigenvalue weighted by Crippen LogP contribution is -3.14. The van der Waals surface area contributed by atoms with Gasteiger partial charge in [-0.2, -0.15) is 0 Å². The minimum atomic E-state index is -0.735. The first-order chi connectivity index (χ1) is 10.0. The predicted molar refractivity (Wildman–Crippen MR) is 76.8 cm³/mol. The van der Waals surface area contributed by atoms with E-state index in [2.05, 4.69) is 18.4 Å². The molecule has 112 valence electrons. The molecule has 0 spiro atoms. The quantitative estimate of drug-likeness (QED) is 0.632. The second kappa shape index (κ2) is 5.23. The third kappa shape index (κ3) is 2.16. The normalized spacial score (nSPS) is 25.7. The van der Waals surface area contributed by atoms with E-state index in [-0.39, 0.29) is 12.7 Å². The van der Waals surface area contributed by atoms with Crippen molar-refractivity contribution in [1.29, 1.82) is 0 Å². The maximum absolute atomic E-state index is 12.0. The maximum atomic E-state index is 12.0. The second-order valence-electron chi connectivity index (χ2n) is 5.46. The van der Waals surface area contributed by atoms with Crippen LogP contribution < -0.4 is 4.90 Å². The number of nitrogens with zero attached hydrogens (tertiary/aromatic N) is 2. The molecule has 4 amide bonds. The molecule has 1 aromatic rings. The number of quaternary nitrogens is 1. The average molecular weight is 308 g/mol. The molecule has 0 bridgehead atoms. The van der Waals surface area contributed by atoms with Crippen LogP contribution in [0.3, 0.4) is 0 Å². The van der Waals surface area contributed by atoms with E-state index >= 15 is 0 Å². The first-order valence-corrected chi connectivity index (χ1v) is 7.97. The lowest BCUT2D eigenvalue weighted by molar-refractivity contribution is -0.940. The molecule has 3 heterocycles. The Balaban J connectivity index is 1.81. The van der Waals surface area contributed by atoms with Crippen molar-refractivity contribution in [2.75, 3.05) is 20.3 Å². The number of amides is 4. The Hall–Kier alpha value is -1.73. The van der Waals surface area contributed by atoms with Crippen molar-refractivity contribution in [3.63, 3.8) is 0 Å². The van der Waals surface area contributed by atoms with Crippen molar-refractivity contribution in [1.82, 2.24) is 9.80 Å². The van der Waals surface area contributed by atoms with Gasteiger partial charge in [0.05, 0.1) is 6.54 Å². The Kier molecular flexibility index (Phi) is 3.54. The first kappa shape index (κ1) is 14.2. The number of hydrogen-bond donors (Lipinski definition) is 1. The van der Waals surface area contributed by atoms with Gasteiger partial charge in [-0.3, -0.25) is 14.5 Å². The van der Waals surface area contributed by atoms with E-state index in [4.69, 9.17) is 0 Å². The van der Waals surface area contributed by atoms with Gasteiger partial charge in [0.1, 0.15) is 6.04 Å². The smallest absolute Gasteiger partial charge is 0.311 e. The molecule has 0 aliphatic carbocycles. The number of carbonyl (C=O) groups excluding carboxylic acids is 3. The summed E-state index contributed by atoms with van der Waals surface area (Å²) >= 11 is 1.77. The van der Waals surface area contributed by atoms with E-state index in [1.807, 2.05) is 0 Å². The standard InChI is InChI=1S/C14H17N3O3S/c1-3-10-9-5-7-21-11(9)4-6-16(10)8-17-13(19)12(18)15(2)14(17)20/h5,7,10H,3-4,6,8H2,1-2H3/p+1/t10-/m0/s1. The highest BCUT2D eigenvalue weighted by molar-refractivity contribution is 7.10. The summed E-state index contributed by atoms with van der Waals surface area (Å²) in [6, 6.07) is 1.91. The van der Waals surface area contributed by atoms with Crippen molar-refractivity contribution in [2.24, 2.45) is 0 Å². The summed E-state index contributed by atoms with van der Waals surface area (Å²) in [5.41, 5.74) is 1.32. The zero-order chi connectivity index (χ0) is 15.1. The van der Waals surface area contributed by atoms with Crippen molar-refractivity contribution in [3.8, 4) is 0 Å². The molecular formula is C14H18N3O3S+. The lowest BCUT2D eigenvalue weighted by atomic mass is 9.98. The summed E-state index contributed by atoms with van der Waals surface area (Å²) in [5, 5.41) is 2.10. The summed E-state index contributed by atoms with van der Waals surface area (Å²) in [6.07, 6.45) is 1.90. The minimum Gasteiger partial charge on any atom is -0.311 e. The Morgan fingerprint density at radius 1 is 1.33 bits per heavy atom. The van der Waals surface area contributed by atoms with Crippen LogP contribution in [0.5, 0.6) is 0 Å². The minimum absolute atomic E-state index is 0.265. The number of fused-ring (bicyclic) bond motifs is 1. The molecule has 1 aromatic heterocycles. The Labute approximate surface area is 126 Å². The van der Waals surface area contributed by atoms with Crippen molar-refractivity contribution in [2.45, 2.75) is 25.8 Å². The summed E-state index contributed by atoms with van der Waals surface area (Å²) in [4.78, 5) is 40.0. The van der Waals surface area contributed by atoms with E-state index in [1.165, 1.54) is 22.4 Å². The summed E-state index contributed by atoms with van der Waals surface area (Å²) in [5.74, 6) is -1.44. The van der Waals surface area contributed by atoms with E-state index < -0.39 is 17.8 Å². The van der Waals surface area contributed by atoms with Crippen molar-refractivity contribution in [3.05, 3.63) is 21.9 Å². The van der Waals surface area contributed by atoms with Crippen LogP contribution in [0.4, 0.5) is 4.79 Å². The number of nitrogens with one attached hydrogen (secondary N) is 1. The zero-order valence-electron chi connectivity index (χ0n) is 12.1. The fraction of sp³-hybridized carbons (Fsp3) is 0.500. The number of carbonyl (C=O) groups is 3. The van der Waals surface area contributed by atoms with Gasteiger partial charge in [0.25, 0.3) is 0 Å². The van der Waals surface area contributed by atoms with Gasteiger partial charge < -0.3 is 4.90 Å². The number of rotatable bonds is 3. The molecule has 2 aliphatic heterocycles. The zero-order valence-corrected chi connectivity index (χ0v) is 12.9. The molecule has 7 heteroatoms. The molecule has 2 atom stereocenters. The fourth-order valence-corrected chi connectivity index (χ4v) is 4.13. The van der Waals surface area contributed by atoms with Gasteiger partial charge in [-0.25, -0.2) is 9.69 Å². The van der Waals surface area contributed by atoms with Crippen LogP contribution in [-0.2, 0) is 16.0 Å². The fourth-order valence-electron chi connectivity index (χ4n) is 3.19. The molecule has 6 nitrogen and oxygen atoms in total. The molecule has 1 N–H and O–H groups in total. The number of imide groups is 2. The number of thiophene rings is 1. The monoisotopic (exact) mass is 308 g/mol. The van der Waals surface area contributed by atoms with Gasteiger partial charge in [0, 0.05) is 30.3 Å². The van der Waals surface area contributed by atoms with Crippen LogP contribution in [0.2, 0.25) is 0 Å². The second-order valence-corrected chi connectivity index (χ2v) is 6.46. The number of hydrogen-bond acceptors (Lipinski definition) is 4. The van der Waals surface area contributed by atoms with Crippen molar-refractivity contribution < 1.29 is 19.3 Å². The highest BCUT2D eigenvalue weighted by Gasteiger charge is 2.45. The third-order valence-corrected chi connectivity index (χ3v) is 5.34. The molecule has 1 saturated heterocycles. The SMILES string of the molecule is CC[C@H]1c2ccsc2CC[NH+]1CN1C(=O)C(=O)N(C)C1=O. The van der Waals surface area contributed by atoms with Crippen LogP contribution in [0.25, 0.3) is 0 Å². The molecule has 1 fully saturated rings. The van der Waals surface area contributed by atoms with E-state index in [1.54, 1.807) is 11.3 Å². The van der Waals surface area contributed by atoms with Gasteiger partial charge in [0.15, 0.2) is 6.67 Å². The average Bonchev–Trinajstić information content (AvgIpc) is 3.03. The van der Waals surface area contributed by atoms with Crippen LogP contribution in [-0.4, -0.2) is 47.9 Å². The van der Waals surface area contributed by atoms with Crippen LogP contribution in [0.1, 0.15) is 29.8 Å². The molecule has 3 rings (SSSR count). The third-order valence-electron chi connectivity index (χ3n) is 4.34. The summed E-state index contributed by atoms with van der Waals surface area (Å²) in [7, 11) is 1.35. The highest BCUT2D eigenvalue weighted by Crippen LogP contribution is 2.26. The Bertz CT molecular complexity index is 612. The molecule has 0 radical (unpaired) electrons. The summed E-state index contributed by atoms with van der Waals surface area (Å²) < 4.78 is 0. The Morgan fingerprint density at radius 3 is 2.71 bits per heavy atom. The molecule has 0 aromatic carbocycles. The van der Waals surface area contributed by atoms with Crippen LogP contribution in [0.15, 0.2) is 11.4 Å². The van der Waals surface area contributed by atoms with E-state index in [0.29, 0.717) is 0 Å². The highest BCUT2D eigenvalue weighted by atomic mass is 32.1. The molecule has 1 unspecified atom stereocenters. The van der Waals surface area contributed by atoms with Gasteiger partial charge in [0.2, 0.25) is 0 Å². The molecule has 21 heavy (non-hydrogen) atoms.